The number of aromatic amines is 1. The van der Waals surface area contributed by atoms with Crippen molar-refractivity contribution in [2.45, 2.75) is 55.7 Å². The van der Waals surface area contributed by atoms with Gasteiger partial charge in [-0.05, 0) is 67.1 Å². The Morgan fingerprint density at radius 3 is 2.68 bits per heavy atom. The van der Waals surface area contributed by atoms with Gasteiger partial charge in [-0.2, -0.15) is 0 Å². The molecule has 9 nitrogen and oxygen atoms in total. The summed E-state index contributed by atoms with van der Waals surface area (Å²) in [4.78, 5) is 20.6. The Hall–Kier alpha value is -3.24. The molecule has 2 aliphatic rings. The van der Waals surface area contributed by atoms with Gasteiger partial charge in [0.05, 0.1) is 19.2 Å². The van der Waals surface area contributed by atoms with Crippen molar-refractivity contribution < 1.29 is 24.1 Å². The van der Waals surface area contributed by atoms with Crippen LogP contribution < -0.4 is 9.47 Å². The van der Waals surface area contributed by atoms with Gasteiger partial charge in [0, 0.05) is 30.4 Å². The average molecular weight is 557 g/mol. The van der Waals surface area contributed by atoms with Crippen LogP contribution in [0.3, 0.4) is 0 Å². The van der Waals surface area contributed by atoms with Crippen molar-refractivity contribution in [3.63, 3.8) is 0 Å². The van der Waals surface area contributed by atoms with E-state index in [4.69, 9.17) is 25.8 Å². The van der Waals surface area contributed by atoms with Gasteiger partial charge in [0.15, 0.2) is 11.0 Å². The smallest absolute Gasteiger partial charge is 0.349 e. The molecule has 0 saturated heterocycles. The number of aryl methyl sites for hydroxylation is 1. The summed E-state index contributed by atoms with van der Waals surface area (Å²) in [5, 5.41) is 20.3. The number of carbonyl (C=O) groups excluding carboxylic acids is 1. The van der Waals surface area contributed by atoms with Crippen molar-refractivity contribution in [2.75, 3.05) is 14.2 Å². The van der Waals surface area contributed by atoms with Gasteiger partial charge in [0.2, 0.25) is 0 Å². The number of nitrogens with one attached hydrogen (secondary N) is 1. The lowest BCUT2D eigenvalue weighted by atomic mass is 9.77. The number of rotatable bonds is 9. The number of aliphatic hydroxyl groups is 1. The number of nitrogens with zero attached hydrogens (tertiary/aromatic N) is 3. The summed E-state index contributed by atoms with van der Waals surface area (Å²) in [5.41, 5.74) is 0.840. The lowest BCUT2D eigenvalue weighted by Crippen LogP contribution is -2.45. The summed E-state index contributed by atoms with van der Waals surface area (Å²) < 4.78 is 17.1. The molecule has 1 fully saturated rings. The molecule has 3 heterocycles. The third-order valence-electron chi connectivity index (χ3n) is 7.28. The number of hydrogen-bond acceptors (Lipinski definition) is 9. The van der Waals surface area contributed by atoms with E-state index >= 15 is 0 Å². The van der Waals surface area contributed by atoms with Crippen LogP contribution in [0.25, 0.3) is 11.4 Å². The van der Waals surface area contributed by atoms with Gasteiger partial charge in [0.25, 0.3) is 0 Å². The Morgan fingerprint density at radius 2 is 2.00 bits per heavy atom. The maximum atomic E-state index is 13.3. The van der Waals surface area contributed by atoms with E-state index in [1.165, 1.54) is 0 Å². The first kappa shape index (κ1) is 26.4. The molecule has 1 aliphatic heterocycles. The number of thioether (sulfide) groups is 1. The lowest BCUT2D eigenvalue weighted by molar-refractivity contribution is -0.166. The fourth-order valence-corrected chi connectivity index (χ4v) is 6.36. The summed E-state index contributed by atoms with van der Waals surface area (Å²) in [7, 11) is 3.15. The van der Waals surface area contributed by atoms with Gasteiger partial charge in [-0.15, -0.1) is 10.2 Å². The van der Waals surface area contributed by atoms with Crippen LogP contribution in [0.4, 0.5) is 0 Å². The predicted molar refractivity (Wildman–Crippen MR) is 143 cm³/mol. The van der Waals surface area contributed by atoms with Crippen LogP contribution in [-0.4, -0.2) is 51.1 Å². The summed E-state index contributed by atoms with van der Waals surface area (Å²) in [6.45, 7) is 0. The Balaban J connectivity index is 1.38. The zero-order chi connectivity index (χ0) is 26.7. The number of pyridine rings is 1. The molecule has 1 aromatic carbocycles. The highest BCUT2D eigenvalue weighted by Crippen LogP contribution is 2.48. The first-order valence-electron chi connectivity index (χ1n) is 12.5. The molecule has 1 aliphatic carbocycles. The van der Waals surface area contributed by atoms with E-state index in [2.05, 4.69) is 20.2 Å². The molecule has 1 saturated carbocycles. The molecule has 3 aromatic rings. The summed E-state index contributed by atoms with van der Waals surface area (Å²) >= 11 is 7.41. The highest BCUT2D eigenvalue weighted by Gasteiger charge is 2.48. The molecule has 1 unspecified atom stereocenters. The van der Waals surface area contributed by atoms with Crippen LogP contribution >= 0.6 is 23.4 Å². The number of aromatic nitrogens is 4. The minimum Gasteiger partial charge on any atom is -0.511 e. The Morgan fingerprint density at radius 1 is 1.21 bits per heavy atom. The monoisotopic (exact) mass is 556 g/mol. The molecule has 1 atom stereocenters. The largest absolute Gasteiger partial charge is 0.511 e. The van der Waals surface area contributed by atoms with Crippen molar-refractivity contribution >= 4 is 29.3 Å². The highest BCUT2D eigenvalue weighted by molar-refractivity contribution is 8.03. The molecule has 2 aromatic heterocycles. The van der Waals surface area contributed by atoms with Crippen LogP contribution in [-0.2, 0) is 16.0 Å². The van der Waals surface area contributed by atoms with Crippen LogP contribution in [0, 0.1) is 5.92 Å². The van der Waals surface area contributed by atoms with E-state index in [-0.39, 0.29) is 23.0 Å². The first-order valence-corrected chi connectivity index (χ1v) is 13.7. The van der Waals surface area contributed by atoms with Gasteiger partial charge >= 0.3 is 5.97 Å². The highest BCUT2D eigenvalue weighted by atomic mass is 35.5. The van der Waals surface area contributed by atoms with E-state index < -0.39 is 11.6 Å². The molecule has 5 rings (SSSR count). The molecule has 0 spiro atoms. The standard InChI is InChI=1S/C27H29ClN4O5S/c1-35-21-13-22(36-2)19(28)12-16(21)9-10-27(18-7-3-4-8-18)14-20(33)23(25(34)37-27)38-26-30-24(31-32-26)17-6-5-11-29-15-17/h5-6,11-13,15,18,33H,3-4,7-10,14H2,1-2H3,(H,30,31,32). The number of aliphatic hydroxyl groups excluding tert-OH is 1. The zero-order valence-corrected chi connectivity index (χ0v) is 22.8. The second-order valence-corrected chi connectivity index (χ2v) is 10.9. The van der Waals surface area contributed by atoms with Crippen molar-refractivity contribution in [1.82, 2.24) is 20.2 Å². The number of H-pyrrole nitrogens is 1. The predicted octanol–water partition coefficient (Wildman–Crippen LogP) is 5.91. The average Bonchev–Trinajstić information content (AvgIpc) is 3.63. The number of cyclic esters (lactones) is 1. The zero-order valence-electron chi connectivity index (χ0n) is 21.2. The SMILES string of the molecule is COc1cc(OC)c(CCC2(C3CCCC3)CC(O)=C(Sc3nnc(-c4cccnc4)[nH]3)C(=O)O2)cc1Cl. The van der Waals surface area contributed by atoms with Crippen molar-refractivity contribution in [3.8, 4) is 22.9 Å². The normalized spacial score (nSPS) is 20.0. The van der Waals surface area contributed by atoms with Crippen molar-refractivity contribution in [2.24, 2.45) is 5.92 Å². The second-order valence-electron chi connectivity index (χ2n) is 9.51. The van der Waals surface area contributed by atoms with E-state index in [0.29, 0.717) is 40.3 Å². The summed E-state index contributed by atoms with van der Waals surface area (Å²) in [6, 6.07) is 7.24. The molecular weight excluding hydrogens is 528 g/mol. The fourth-order valence-electron chi connectivity index (χ4n) is 5.36. The summed E-state index contributed by atoms with van der Waals surface area (Å²) in [5.74, 6) is 1.32. The maximum absolute atomic E-state index is 13.3. The topological polar surface area (TPSA) is 119 Å². The first-order chi connectivity index (χ1) is 18.4. The van der Waals surface area contributed by atoms with Gasteiger partial charge in [-0.1, -0.05) is 24.4 Å². The fraction of sp³-hybridized carbons (Fsp3) is 0.407. The van der Waals surface area contributed by atoms with Gasteiger partial charge in [-0.3, -0.25) is 4.98 Å². The van der Waals surface area contributed by atoms with Crippen molar-refractivity contribution in [3.05, 3.63) is 57.9 Å². The van der Waals surface area contributed by atoms with Crippen LogP contribution in [0.15, 0.2) is 52.5 Å². The molecule has 0 radical (unpaired) electrons. The van der Waals surface area contributed by atoms with Gasteiger partial charge in [0.1, 0.15) is 27.8 Å². The number of carbonyl (C=O) groups is 1. The van der Waals surface area contributed by atoms with Gasteiger partial charge < -0.3 is 24.3 Å². The van der Waals surface area contributed by atoms with E-state index in [0.717, 1.165) is 48.6 Å². The third-order valence-corrected chi connectivity index (χ3v) is 8.56. The molecule has 0 amide bonds. The van der Waals surface area contributed by atoms with Crippen LogP contribution in [0.1, 0.15) is 44.1 Å². The van der Waals surface area contributed by atoms with E-state index in [9.17, 15) is 9.90 Å². The number of esters is 1. The molecule has 11 heteroatoms. The van der Waals surface area contributed by atoms with Crippen LogP contribution in [0.2, 0.25) is 5.02 Å². The molecule has 200 valence electrons. The molecule has 2 N–H and O–H groups in total. The Labute approximate surface area is 230 Å². The number of ether oxygens (including phenoxy) is 3. The number of halogens is 1. The lowest BCUT2D eigenvalue weighted by Gasteiger charge is -2.41. The third kappa shape index (κ3) is 5.33. The number of hydrogen-bond donors (Lipinski definition) is 2. The van der Waals surface area contributed by atoms with E-state index in [1.54, 1.807) is 38.7 Å². The summed E-state index contributed by atoms with van der Waals surface area (Å²) in [6.07, 6.45) is 8.70. The van der Waals surface area contributed by atoms with Crippen molar-refractivity contribution in [1.29, 1.82) is 0 Å². The minimum atomic E-state index is -0.818. The van der Waals surface area contributed by atoms with Gasteiger partial charge in [-0.25, -0.2) is 4.79 Å². The second kappa shape index (κ2) is 11.2. The van der Waals surface area contributed by atoms with E-state index in [1.807, 2.05) is 12.1 Å². The molecule has 38 heavy (non-hydrogen) atoms. The maximum Gasteiger partial charge on any atom is 0.349 e. The quantitative estimate of drug-likeness (QED) is 0.310. The number of methoxy groups -OCH3 is 2. The minimum absolute atomic E-state index is 0.0113. The molecular formula is C27H29ClN4O5S. The number of benzene rings is 1. The molecule has 0 bridgehead atoms. The van der Waals surface area contributed by atoms with Crippen LogP contribution in [0.5, 0.6) is 11.5 Å². The Bertz CT molecular complexity index is 1340. The Kier molecular flexibility index (Phi) is 7.80.